The molecule has 5 aromatic rings. The number of aliphatic hydroxyl groups is 2. The van der Waals surface area contributed by atoms with Crippen molar-refractivity contribution in [2.45, 2.75) is 43.5 Å². The fourth-order valence-electron chi connectivity index (χ4n) is 6.73. The predicted molar refractivity (Wildman–Crippen MR) is 193 cm³/mol. The minimum absolute atomic E-state index is 0.0517. The number of carbonyl (C=O) groups is 2. The number of fused-ring (bicyclic) bond motifs is 2. The Hall–Kier alpha value is -4.84. The summed E-state index contributed by atoms with van der Waals surface area (Å²) in [6.45, 7) is -4.94. The number of rotatable bonds is 15. The monoisotopic (exact) mass is 795 g/mol. The summed E-state index contributed by atoms with van der Waals surface area (Å²) >= 11 is 5.72. The van der Waals surface area contributed by atoms with Gasteiger partial charge in [-0.2, -0.15) is 5.26 Å². The Morgan fingerprint density at radius 2 is 1.93 bits per heavy atom. The van der Waals surface area contributed by atoms with Gasteiger partial charge < -0.3 is 34.1 Å². The topological polar surface area (TPSA) is 231 Å². The second-order valence-corrected chi connectivity index (χ2v) is 15.7. The lowest BCUT2D eigenvalue weighted by Crippen LogP contribution is -2.43. The van der Waals surface area contributed by atoms with E-state index < -0.39 is 49.8 Å². The molecule has 0 radical (unpaired) electrons. The number of nitriles is 1. The van der Waals surface area contributed by atoms with E-state index in [0.29, 0.717) is 23.0 Å². The second kappa shape index (κ2) is 16.5. The van der Waals surface area contributed by atoms with Crippen LogP contribution in [0.2, 0.25) is 0 Å². The number of nitrogens with one attached hydrogen (secondary N) is 1. The van der Waals surface area contributed by atoms with Gasteiger partial charge in [0.1, 0.15) is 24.1 Å². The summed E-state index contributed by atoms with van der Waals surface area (Å²) in [5, 5.41) is 40.9. The highest BCUT2D eigenvalue weighted by atomic mass is 32.5. The molecule has 2 aromatic carbocycles. The molecule has 0 bridgehead atoms. The number of ether oxygens (including phenoxy) is 2. The Morgan fingerprint density at radius 3 is 2.67 bits per heavy atom. The van der Waals surface area contributed by atoms with Gasteiger partial charge >= 0.3 is 12.7 Å². The van der Waals surface area contributed by atoms with Crippen LogP contribution in [-0.2, 0) is 34.9 Å². The molecule has 8 atom stereocenters. The van der Waals surface area contributed by atoms with Crippen LogP contribution in [-0.4, -0.2) is 109 Å². The number of anilines is 1. The van der Waals surface area contributed by atoms with E-state index in [0.717, 1.165) is 0 Å². The largest absolute Gasteiger partial charge is 0.465 e. The van der Waals surface area contributed by atoms with Crippen molar-refractivity contribution in [2.75, 3.05) is 38.9 Å². The van der Waals surface area contributed by atoms with Gasteiger partial charge in [-0.1, -0.05) is 29.5 Å². The van der Waals surface area contributed by atoms with Crippen LogP contribution < -0.4 is 5.32 Å². The third kappa shape index (κ3) is 7.57. The number of nitrogens with zero attached hydrogens (tertiary/aromatic N) is 8. The molecule has 3 N–H and O–H groups in total. The van der Waals surface area contributed by atoms with Crippen molar-refractivity contribution in [3.8, 4) is 6.07 Å². The van der Waals surface area contributed by atoms with Gasteiger partial charge in [-0.05, 0) is 48.4 Å². The highest BCUT2D eigenvalue weighted by Gasteiger charge is 2.51. The maximum Gasteiger partial charge on any atom is 0.340 e. The first-order chi connectivity index (χ1) is 26.7. The summed E-state index contributed by atoms with van der Waals surface area (Å²) in [5.74, 6) is -1.53. The lowest BCUT2D eigenvalue weighted by molar-refractivity contribution is -0.0472. The summed E-state index contributed by atoms with van der Waals surface area (Å²) < 4.78 is 48.2. The number of hydrogen-bond donors (Lipinski definition) is 3. The van der Waals surface area contributed by atoms with E-state index in [1.165, 1.54) is 24.3 Å². The van der Waals surface area contributed by atoms with Crippen molar-refractivity contribution in [1.82, 2.24) is 34.5 Å². The number of methoxy groups -OCH3 is 1. The molecule has 1 saturated carbocycles. The molecule has 288 valence electrons. The van der Waals surface area contributed by atoms with Crippen LogP contribution in [0.1, 0.15) is 45.8 Å². The third-order valence-electron chi connectivity index (χ3n) is 9.59. The second-order valence-electron chi connectivity index (χ2n) is 12.7. The van der Waals surface area contributed by atoms with E-state index in [2.05, 4.69) is 30.6 Å². The van der Waals surface area contributed by atoms with Gasteiger partial charge in [0, 0.05) is 18.1 Å². The number of hydrogen-bond acceptors (Lipinski definition) is 16. The molecule has 1 saturated heterocycles. The van der Waals surface area contributed by atoms with E-state index in [1.54, 1.807) is 53.2 Å². The molecular weight excluding hydrogens is 760 g/mol. The average Bonchev–Trinajstić information content (AvgIpc) is 3.90. The standard InChI is InChI=1S/C34H35FN9O9PS/c1-49-34(48)21-9-5-10-23-27(21)41-42-44(23)24-13-20(22(24)14-45)16-51-54(55,50-12-6-11-36)53-29-25(15-46)52-33(26(29)35)43-18-39-28-30(37-17-38-31(28)43)40-32(47)19-7-3-2-4-8-19/h2-5,7-10,17-18,20,22,24-26,29,33,45-46H,6,12-16H2,1H3,(H,37,38,40,47)/t20-,22-,24-,25-,26-,29-,33-,54?/m1/s1. The number of halogens is 1. The molecule has 3 aromatic heterocycles. The predicted octanol–water partition coefficient (Wildman–Crippen LogP) is 3.26. The zero-order valence-corrected chi connectivity index (χ0v) is 30.8. The van der Waals surface area contributed by atoms with Gasteiger partial charge in [-0.3, -0.25) is 13.9 Å². The Bertz CT molecular complexity index is 2270. The van der Waals surface area contributed by atoms with Gasteiger partial charge in [0.15, 0.2) is 29.4 Å². The molecule has 55 heavy (non-hydrogen) atoms. The zero-order chi connectivity index (χ0) is 38.7. The van der Waals surface area contributed by atoms with Gasteiger partial charge in [0.05, 0.1) is 62.9 Å². The highest BCUT2D eigenvalue weighted by Crippen LogP contribution is 2.56. The molecule has 1 unspecified atom stereocenters. The quantitative estimate of drug-likeness (QED) is 0.0784. The molecule has 18 nitrogen and oxygen atoms in total. The minimum atomic E-state index is -3.82. The summed E-state index contributed by atoms with van der Waals surface area (Å²) in [6.07, 6.45) is -3.17. The normalized spacial score (nSPS) is 24.6. The molecular formula is C34H35FN9O9PS. The van der Waals surface area contributed by atoms with E-state index >= 15 is 4.39 Å². The third-order valence-corrected chi connectivity index (χ3v) is 11.9. The summed E-state index contributed by atoms with van der Waals surface area (Å²) in [7, 11) is 1.28. The van der Waals surface area contributed by atoms with Crippen LogP contribution in [0.3, 0.4) is 0 Å². The summed E-state index contributed by atoms with van der Waals surface area (Å²) in [6, 6.07) is 15.2. The van der Waals surface area contributed by atoms with Gasteiger partial charge in [-0.25, -0.2) is 28.8 Å². The number of amides is 1. The van der Waals surface area contributed by atoms with E-state index in [4.69, 9.17) is 40.1 Å². The van der Waals surface area contributed by atoms with Crippen LogP contribution in [0, 0.1) is 23.2 Å². The highest BCUT2D eigenvalue weighted by molar-refractivity contribution is 8.07. The van der Waals surface area contributed by atoms with Crippen molar-refractivity contribution in [3.63, 3.8) is 0 Å². The number of alkyl halides is 1. The Kier molecular flexibility index (Phi) is 11.5. The van der Waals surface area contributed by atoms with Crippen molar-refractivity contribution >= 4 is 58.4 Å². The first kappa shape index (κ1) is 38.4. The average molecular weight is 796 g/mol. The van der Waals surface area contributed by atoms with E-state index in [-0.39, 0.29) is 66.7 Å². The summed E-state index contributed by atoms with van der Waals surface area (Å²) in [4.78, 5) is 37.8. The molecule has 2 aliphatic rings. The molecule has 7 rings (SSSR count). The number of aliphatic hydroxyl groups excluding tert-OH is 2. The molecule has 1 amide bonds. The Balaban J connectivity index is 1.06. The lowest BCUT2D eigenvalue weighted by atomic mass is 9.70. The maximum atomic E-state index is 16.5. The van der Waals surface area contributed by atoms with Crippen LogP contribution in [0.5, 0.6) is 0 Å². The first-order valence-electron chi connectivity index (χ1n) is 17.1. The van der Waals surface area contributed by atoms with Crippen LogP contribution in [0.4, 0.5) is 10.2 Å². The lowest BCUT2D eigenvalue weighted by Gasteiger charge is -2.44. The number of imidazole rings is 1. The van der Waals surface area contributed by atoms with Gasteiger partial charge in [0.25, 0.3) is 5.91 Å². The number of benzene rings is 2. The van der Waals surface area contributed by atoms with Crippen LogP contribution >= 0.6 is 6.72 Å². The smallest absolute Gasteiger partial charge is 0.340 e. The van der Waals surface area contributed by atoms with Crippen LogP contribution in [0.15, 0.2) is 61.2 Å². The Morgan fingerprint density at radius 1 is 1.11 bits per heavy atom. The fraction of sp³-hybridized carbons (Fsp3) is 0.412. The van der Waals surface area contributed by atoms with Gasteiger partial charge in [0.2, 0.25) is 0 Å². The molecule has 1 aliphatic heterocycles. The van der Waals surface area contributed by atoms with Crippen molar-refractivity contribution in [3.05, 3.63) is 72.3 Å². The van der Waals surface area contributed by atoms with Crippen molar-refractivity contribution in [1.29, 1.82) is 5.26 Å². The van der Waals surface area contributed by atoms with E-state index in [1.807, 2.05) is 6.07 Å². The van der Waals surface area contributed by atoms with Crippen molar-refractivity contribution < 1.29 is 47.2 Å². The summed E-state index contributed by atoms with van der Waals surface area (Å²) in [5.41, 5.74) is 1.91. The van der Waals surface area contributed by atoms with E-state index in [9.17, 15) is 19.8 Å². The molecule has 1 aliphatic carbocycles. The minimum Gasteiger partial charge on any atom is -0.465 e. The Labute approximate surface area is 317 Å². The van der Waals surface area contributed by atoms with Crippen LogP contribution in [0.25, 0.3) is 22.2 Å². The first-order valence-corrected chi connectivity index (χ1v) is 19.7. The molecule has 4 heterocycles. The maximum absolute atomic E-state index is 16.5. The van der Waals surface area contributed by atoms with Gasteiger partial charge in [-0.15, -0.1) is 5.10 Å². The van der Waals surface area contributed by atoms with Crippen molar-refractivity contribution in [2.24, 2.45) is 11.8 Å². The molecule has 2 fully saturated rings. The fourth-order valence-corrected chi connectivity index (χ4v) is 8.87. The zero-order valence-electron chi connectivity index (χ0n) is 29.1. The molecule has 21 heteroatoms. The number of aromatic nitrogens is 7. The molecule has 0 spiro atoms. The SMILES string of the molecule is COC(=O)c1cccc2c1nnn2[C@@H]1C[C@H](COP(=S)(OCCC#N)O[C@H]2[C@@H](F)[C@H](n3cnc4c(NC(=O)c5ccccc5)ncnc43)O[C@@H]2CO)[C@H]1CO. The number of carbonyl (C=O) groups excluding carboxylic acids is 2. The number of esters is 1.